The van der Waals surface area contributed by atoms with Crippen LogP contribution >= 0.6 is 11.6 Å². The van der Waals surface area contributed by atoms with Crippen molar-refractivity contribution in [3.8, 4) is 0 Å². The van der Waals surface area contributed by atoms with Crippen molar-refractivity contribution >= 4 is 23.2 Å². The molecule has 0 saturated carbocycles. The smallest absolute Gasteiger partial charge is 0.351 e. The normalized spacial score (nSPS) is 11.4. The quantitative estimate of drug-likeness (QED) is 0.919. The average Bonchev–Trinajstić information content (AvgIpc) is 2.84. The number of hydrogen-bond donors (Lipinski definition) is 1. The predicted octanol–water partition coefficient (Wildman–Crippen LogP) is 3.60. The second kappa shape index (κ2) is 4.93. The molecule has 8 heteroatoms. The number of alkyl halides is 3. The van der Waals surface area contributed by atoms with Crippen molar-refractivity contribution in [1.29, 1.82) is 0 Å². The Balaban J connectivity index is 2.27. The maximum atomic E-state index is 12.5. The molecule has 0 bridgehead atoms. The van der Waals surface area contributed by atoms with Gasteiger partial charge in [-0.2, -0.15) is 13.2 Å². The zero-order valence-corrected chi connectivity index (χ0v) is 9.92. The molecule has 0 saturated heterocycles. The number of rotatable bonds is 2. The lowest BCUT2D eigenvalue weighted by molar-refractivity contribution is -0.137. The monoisotopic (exact) mass is 290 g/mol. The lowest BCUT2D eigenvalue weighted by Crippen LogP contribution is -2.13. The molecule has 2 rings (SSSR count). The van der Waals surface area contributed by atoms with Crippen molar-refractivity contribution in [3.63, 3.8) is 0 Å². The molecule has 1 aromatic heterocycles. The van der Waals surface area contributed by atoms with Crippen LogP contribution in [0, 0.1) is 0 Å². The zero-order valence-electron chi connectivity index (χ0n) is 9.16. The number of hydrogen-bond acceptors (Lipinski definition) is 3. The highest BCUT2D eigenvalue weighted by molar-refractivity contribution is 6.33. The van der Waals surface area contributed by atoms with Crippen LogP contribution in [0.15, 0.2) is 35.0 Å². The molecule has 0 aliphatic rings. The van der Waals surface area contributed by atoms with Crippen LogP contribution in [0.1, 0.15) is 16.1 Å². The number of carbonyl (C=O) groups is 1. The van der Waals surface area contributed by atoms with E-state index in [-0.39, 0.29) is 16.5 Å². The molecule has 1 amide bonds. The topological polar surface area (TPSA) is 55.1 Å². The molecule has 1 heterocycles. The van der Waals surface area contributed by atoms with Gasteiger partial charge in [0.2, 0.25) is 5.76 Å². The van der Waals surface area contributed by atoms with E-state index in [4.69, 9.17) is 11.6 Å². The minimum absolute atomic E-state index is 0.0131. The molecule has 19 heavy (non-hydrogen) atoms. The van der Waals surface area contributed by atoms with Gasteiger partial charge in [-0.1, -0.05) is 16.8 Å². The maximum absolute atomic E-state index is 12.5. The van der Waals surface area contributed by atoms with E-state index in [2.05, 4.69) is 15.0 Å². The summed E-state index contributed by atoms with van der Waals surface area (Å²) in [4.78, 5) is 11.6. The van der Waals surface area contributed by atoms with Crippen molar-refractivity contribution in [3.05, 3.63) is 46.8 Å². The molecule has 1 aromatic carbocycles. The highest BCUT2D eigenvalue weighted by Crippen LogP contribution is 2.33. The molecule has 0 atom stereocenters. The number of benzene rings is 1. The lowest BCUT2D eigenvalue weighted by atomic mass is 10.2. The molecule has 0 spiro atoms. The van der Waals surface area contributed by atoms with Gasteiger partial charge in [-0.15, -0.1) is 0 Å². The van der Waals surface area contributed by atoms with Gasteiger partial charge in [0.25, 0.3) is 5.91 Å². The number of halogens is 4. The second-order valence-electron chi connectivity index (χ2n) is 3.52. The van der Waals surface area contributed by atoms with Gasteiger partial charge in [0.05, 0.1) is 22.5 Å². The van der Waals surface area contributed by atoms with E-state index in [0.717, 1.165) is 18.2 Å². The molecular formula is C11H6ClF3N2O2. The highest BCUT2D eigenvalue weighted by atomic mass is 35.5. The van der Waals surface area contributed by atoms with E-state index in [1.165, 1.54) is 12.3 Å². The van der Waals surface area contributed by atoms with Gasteiger partial charge in [-0.3, -0.25) is 4.79 Å². The first-order valence-corrected chi connectivity index (χ1v) is 5.34. The zero-order chi connectivity index (χ0) is 14.0. The van der Waals surface area contributed by atoms with Crippen molar-refractivity contribution in [2.45, 2.75) is 6.18 Å². The Kier molecular flexibility index (Phi) is 3.48. The Bertz CT molecular complexity index is 596. The Morgan fingerprint density at radius 2 is 2.05 bits per heavy atom. The first kappa shape index (κ1) is 13.4. The fourth-order valence-corrected chi connectivity index (χ4v) is 1.48. The van der Waals surface area contributed by atoms with Gasteiger partial charge in [0, 0.05) is 6.07 Å². The van der Waals surface area contributed by atoms with Crippen LogP contribution in [-0.4, -0.2) is 11.1 Å². The van der Waals surface area contributed by atoms with Gasteiger partial charge < -0.3 is 9.84 Å². The standard InChI is InChI=1S/C11H6ClF3N2O2/c12-7-2-1-6(11(13,14)15)5-8(7)17-10(18)9-3-4-16-19-9/h1-5H,(H,17,18). The third-order valence-electron chi connectivity index (χ3n) is 2.20. The van der Waals surface area contributed by atoms with E-state index in [1.807, 2.05) is 0 Å². The van der Waals surface area contributed by atoms with Crippen LogP contribution in [0.5, 0.6) is 0 Å². The summed E-state index contributed by atoms with van der Waals surface area (Å²) in [6, 6.07) is 3.90. The fraction of sp³-hybridized carbons (Fsp3) is 0.0909. The van der Waals surface area contributed by atoms with Crippen molar-refractivity contribution in [1.82, 2.24) is 5.16 Å². The van der Waals surface area contributed by atoms with Crippen LogP contribution in [0.2, 0.25) is 5.02 Å². The third kappa shape index (κ3) is 3.05. The van der Waals surface area contributed by atoms with E-state index in [9.17, 15) is 18.0 Å². The van der Waals surface area contributed by atoms with Crippen LogP contribution in [0.4, 0.5) is 18.9 Å². The maximum Gasteiger partial charge on any atom is 0.416 e. The summed E-state index contributed by atoms with van der Waals surface area (Å²) in [5, 5.41) is 5.52. The van der Waals surface area contributed by atoms with Crippen LogP contribution in [0.3, 0.4) is 0 Å². The molecular weight excluding hydrogens is 285 g/mol. The summed E-state index contributed by atoms with van der Waals surface area (Å²) in [7, 11) is 0. The van der Waals surface area contributed by atoms with Crippen molar-refractivity contribution < 1.29 is 22.5 Å². The van der Waals surface area contributed by atoms with Gasteiger partial charge in [-0.25, -0.2) is 0 Å². The van der Waals surface area contributed by atoms with E-state index >= 15 is 0 Å². The van der Waals surface area contributed by atoms with Crippen molar-refractivity contribution in [2.24, 2.45) is 0 Å². The summed E-state index contributed by atoms with van der Waals surface area (Å²) in [6.45, 7) is 0. The second-order valence-corrected chi connectivity index (χ2v) is 3.93. The Labute approximate surface area is 110 Å². The van der Waals surface area contributed by atoms with E-state index < -0.39 is 17.6 Å². The van der Waals surface area contributed by atoms with Crippen LogP contribution in [-0.2, 0) is 6.18 Å². The molecule has 0 aliphatic carbocycles. The SMILES string of the molecule is O=C(Nc1cc(C(F)(F)F)ccc1Cl)c1ccno1. The van der Waals surface area contributed by atoms with Gasteiger partial charge in [-0.05, 0) is 18.2 Å². The summed E-state index contributed by atoms with van der Waals surface area (Å²) < 4.78 is 42.2. The molecule has 0 aliphatic heterocycles. The Hall–Kier alpha value is -2.02. The summed E-state index contributed by atoms with van der Waals surface area (Å²) in [6.07, 6.45) is -3.28. The van der Waals surface area contributed by atoms with Crippen LogP contribution in [0.25, 0.3) is 0 Å². The minimum atomic E-state index is -4.52. The predicted molar refractivity (Wildman–Crippen MR) is 60.9 cm³/mol. The molecule has 1 N–H and O–H groups in total. The molecule has 0 unspecified atom stereocenters. The van der Waals surface area contributed by atoms with Gasteiger partial charge >= 0.3 is 6.18 Å². The average molecular weight is 291 g/mol. The fourth-order valence-electron chi connectivity index (χ4n) is 1.31. The summed E-state index contributed by atoms with van der Waals surface area (Å²) in [5.74, 6) is -0.868. The van der Waals surface area contributed by atoms with Gasteiger partial charge in [0.1, 0.15) is 0 Å². The van der Waals surface area contributed by atoms with Gasteiger partial charge in [0.15, 0.2) is 0 Å². The molecule has 0 fully saturated rings. The number of carbonyl (C=O) groups excluding carboxylic acids is 1. The third-order valence-corrected chi connectivity index (χ3v) is 2.53. The Morgan fingerprint density at radius 1 is 1.32 bits per heavy atom. The van der Waals surface area contributed by atoms with E-state index in [0.29, 0.717) is 0 Å². The molecule has 4 nitrogen and oxygen atoms in total. The lowest BCUT2D eigenvalue weighted by Gasteiger charge is -2.10. The Morgan fingerprint density at radius 3 is 2.63 bits per heavy atom. The summed E-state index contributed by atoms with van der Waals surface area (Å²) in [5.41, 5.74) is -1.07. The molecule has 0 radical (unpaired) electrons. The first-order valence-electron chi connectivity index (χ1n) is 4.96. The largest absolute Gasteiger partial charge is 0.416 e. The molecule has 100 valence electrons. The first-order chi connectivity index (χ1) is 8.88. The number of nitrogens with one attached hydrogen (secondary N) is 1. The van der Waals surface area contributed by atoms with Crippen LogP contribution < -0.4 is 5.32 Å². The van der Waals surface area contributed by atoms with Crippen molar-refractivity contribution in [2.75, 3.05) is 5.32 Å². The number of anilines is 1. The highest BCUT2D eigenvalue weighted by Gasteiger charge is 2.31. The number of aromatic nitrogens is 1. The molecule has 2 aromatic rings. The minimum Gasteiger partial charge on any atom is -0.351 e. The summed E-state index contributed by atoms with van der Waals surface area (Å²) >= 11 is 5.72. The number of amides is 1. The number of nitrogens with zero attached hydrogens (tertiary/aromatic N) is 1. The van der Waals surface area contributed by atoms with E-state index in [1.54, 1.807) is 0 Å².